The van der Waals surface area contributed by atoms with Gasteiger partial charge in [0.1, 0.15) is 11.6 Å². The summed E-state index contributed by atoms with van der Waals surface area (Å²) in [5, 5.41) is 16.3. The standard InChI is InChI=1S/C25H28FN7/c1-18-27-15-23(33(18)22-8-3-2-4-9-22)16-28-24(14-19-6-5-7-19)25-29-30-31-32(25)17-20-10-12-21(26)13-11-20/h2-4,8-13,15,19,24,28H,5-7,14,16-17H2,1H3. The Hall–Kier alpha value is -3.39. The van der Waals surface area contributed by atoms with Crippen LogP contribution in [0.2, 0.25) is 0 Å². The average Bonchev–Trinajstić information content (AvgIpc) is 3.41. The molecule has 33 heavy (non-hydrogen) atoms. The summed E-state index contributed by atoms with van der Waals surface area (Å²) in [6.07, 6.45) is 6.70. The summed E-state index contributed by atoms with van der Waals surface area (Å²) in [6, 6.07) is 16.8. The molecule has 1 saturated carbocycles. The zero-order valence-corrected chi connectivity index (χ0v) is 18.7. The van der Waals surface area contributed by atoms with E-state index in [2.05, 4.69) is 42.5 Å². The van der Waals surface area contributed by atoms with Crippen molar-refractivity contribution in [2.24, 2.45) is 5.92 Å². The number of para-hydroxylation sites is 1. The highest BCUT2D eigenvalue weighted by Gasteiger charge is 2.27. The van der Waals surface area contributed by atoms with E-state index in [0.717, 1.165) is 35.0 Å². The van der Waals surface area contributed by atoms with E-state index in [0.29, 0.717) is 19.0 Å². The van der Waals surface area contributed by atoms with Crippen LogP contribution >= 0.6 is 0 Å². The molecule has 0 amide bonds. The lowest BCUT2D eigenvalue weighted by atomic mass is 9.80. The van der Waals surface area contributed by atoms with Crippen LogP contribution < -0.4 is 5.32 Å². The minimum absolute atomic E-state index is 0.0187. The van der Waals surface area contributed by atoms with Crippen LogP contribution in [0.5, 0.6) is 0 Å². The number of halogens is 1. The number of hydrogen-bond donors (Lipinski definition) is 1. The minimum atomic E-state index is -0.245. The Balaban J connectivity index is 1.37. The van der Waals surface area contributed by atoms with Gasteiger partial charge in [0.15, 0.2) is 5.82 Å². The third kappa shape index (κ3) is 4.85. The topological polar surface area (TPSA) is 73.5 Å². The summed E-state index contributed by atoms with van der Waals surface area (Å²) in [4.78, 5) is 4.55. The van der Waals surface area contributed by atoms with Crippen LogP contribution in [0.4, 0.5) is 4.39 Å². The van der Waals surface area contributed by atoms with Crippen molar-refractivity contribution in [1.29, 1.82) is 0 Å². The van der Waals surface area contributed by atoms with E-state index in [9.17, 15) is 4.39 Å². The molecule has 7 nitrogen and oxygen atoms in total. The maximum absolute atomic E-state index is 13.3. The third-order valence-corrected chi connectivity index (χ3v) is 6.47. The van der Waals surface area contributed by atoms with Crippen LogP contribution in [0.3, 0.4) is 0 Å². The number of nitrogens with zero attached hydrogens (tertiary/aromatic N) is 6. The van der Waals surface area contributed by atoms with Crippen LogP contribution in [0.15, 0.2) is 60.8 Å². The summed E-state index contributed by atoms with van der Waals surface area (Å²) < 4.78 is 17.3. The number of nitrogens with one attached hydrogen (secondary N) is 1. The van der Waals surface area contributed by atoms with E-state index in [4.69, 9.17) is 0 Å². The SMILES string of the molecule is Cc1ncc(CNC(CC2CCC2)c2nnnn2Cc2ccc(F)cc2)n1-c1ccccc1. The Bertz CT molecular complexity index is 1180. The number of aromatic nitrogens is 6. The Labute approximate surface area is 192 Å². The average molecular weight is 446 g/mol. The molecule has 1 fully saturated rings. The van der Waals surface area contributed by atoms with Gasteiger partial charge in [-0.2, -0.15) is 0 Å². The normalized spacial score (nSPS) is 14.8. The van der Waals surface area contributed by atoms with Gasteiger partial charge in [0.05, 0.1) is 24.5 Å². The number of hydrogen-bond acceptors (Lipinski definition) is 5. The lowest BCUT2D eigenvalue weighted by Gasteiger charge is -2.29. The molecule has 1 aliphatic rings. The van der Waals surface area contributed by atoms with Gasteiger partial charge in [-0.3, -0.25) is 4.57 Å². The van der Waals surface area contributed by atoms with Gasteiger partial charge in [-0.05, 0) is 59.5 Å². The summed E-state index contributed by atoms with van der Waals surface area (Å²) in [6.45, 7) is 3.18. The van der Waals surface area contributed by atoms with Gasteiger partial charge < -0.3 is 5.32 Å². The molecule has 0 radical (unpaired) electrons. The van der Waals surface area contributed by atoms with E-state index in [-0.39, 0.29) is 11.9 Å². The van der Waals surface area contributed by atoms with Crippen molar-refractivity contribution >= 4 is 0 Å². The smallest absolute Gasteiger partial charge is 0.168 e. The first kappa shape index (κ1) is 21.5. The Morgan fingerprint density at radius 1 is 1.09 bits per heavy atom. The minimum Gasteiger partial charge on any atom is -0.302 e. The maximum atomic E-state index is 13.3. The van der Waals surface area contributed by atoms with Gasteiger partial charge in [0.25, 0.3) is 0 Å². The Morgan fingerprint density at radius 2 is 1.88 bits per heavy atom. The first-order valence-corrected chi connectivity index (χ1v) is 11.5. The molecule has 170 valence electrons. The van der Waals surface area contributed by atoms with Crippen LogP contribution in [-0.2, 0) is 13.1 Å². The van der Waals surface area contributed by atoms with E-state index in [1.54, 1.807) is 12.1 Å². The predicted octanol–water partition coefficient (Wildman–Crippen LogP) is 4.38. The lowest BCUT2D eigenvalue weighted by molar-refractivity contribution is 0.252. The predicted molar refractivity (Wildman–Crippen MR) is 123 cm³/mol. The van der Waals surface area contributed by atoms with Crippen LogP contribution in [0, 0.1) is 18.7 Å². The highest BCUT2D eigenvalue weighted by molar-refractivity contribution is 5.35. The van der Waals surface area contributed by atoms with E-state index in [1.165, 1.54) is 31.4 Å². The van der Waals surface area contributed by atoms with Crippen molar-refractivity contribution in [2.45, 2.75) is 51.7 Å². The highest BCUT2D eigenvalue weighted by atomic mass is 19.1. The molecule has 2 aromatic heterocycles. The van der Waals surface area contributed by atoms with Crippen molar-refractivity contribution in [3.63, 3.8) is 0 Å². The molecule has 2 aromatic carbocycles. The van der Waals surface area contributed by atoms with Gasteiger partial charge in [-0.25, -0.2) is 14.1 Å². The second kappa shape index (κ2) is 9.62. The van der Waals surface area contributed by atoms with Gasteiger partial charge in [-0.1, -0.05) is 49.6 Å². The molecule has 8 heteroatoms. The highest BCUT2D eigenvalue weighted by Crippen LogP contribution is 2.34. The molecule has 2 heterocycles. The fraction of sp³-hybridized carbons (Fsp3) is 0.360. The molecular formula is C25H28FN7. The molecule has 0 bridgehead atoms. The van der Waals surface area contributed by atoms with Crippen LogP contribution in [0.25, 0.3) is 5.69 Å². The molecule has 1 atom stereocenters. The van der Waals surface area contributed by atoms with Crippen molar-refractivity contribution in [3.8, 4) is 5.69 Å². The van der Waals surface area contributed by atoms with Gasteiger partial charge in [-0.15, -0.1) is 5.10 Å². The molecule has 1 N–H and O–H groups in total. The quantitative estimate of drug-likeness (QED) is 0.414. The lowest BCUT2D eigenvalue weighted by Crippen LogP contribution is -2.29. The van der Waals surface area contributed by atoms with Gasteiger partial charge in [0, 0.05) is 12.2 Å². The first-order valence-electron chi connectivity index (χ1n) is 11.5. The summed E-state index contributed by atoms with van der Waals surface area (Å²) in [7, 11) is 0. The van der Waals surface area contributed by atoms with Crippen LogP contribution in [-0.4, -0.2) is 29.8 Å². The first-order chi connectivity index (χ1) is 16.2. The fourth-order valence-corrected chi connectivity index (χ4v) is 4.45. The van der Waals surface area contributed by atoms with E-state index >= 15 is 0 Å². The Morgan fingerprint density at radius 3 is 2.61 bits per heavy atom. The number of tetrazole rings is 1. The van der Waals surface area contributed by atoms with Gasteiger partial charge in [0.2, 0.25) is 0 Å². The van der Waals surface area contributed by atoms with Crippen molar-refractivity contribution in [3.05, 3.63) is 89.5 Å². The molecule has 5 rings (SSSR count). The Kier molecular flexibility index (Phi) is 6.26. The number of rotatable bonds is 9. The van der Waals surface area contributed by atoms with Crippen molar-refractivity contribution in [2.75, 3.05) is 0 Å². The largest absolute Gasteiger partial charge is 0.302 e. The summed E-state index contributed by atoms with van der Waals surface area (Å²) in [5.41, 5.74) is 3.15. The van der Waals surface area contributed by atoms with E-state index in [1.807, 2.05) is 36.0 Å². The van der Waals surface area contributed by atoms with Crippen molar-refractivity contribution in [1.82, 2.24) is 35.1 Å². The molecule has 1 aliphatic carbocycles. The summed E-state index contributed by atoms with van der Waals surface area (Å²) >= 11 is 0. The second-order valence-corrected chi connectivity index (χ2v) is 8.76. The van der Waals surface area contributed by atoms with Crippen LogP contribution in [0.1, 0.15) is 54.6 Å². The fourth-order valence-electron chi connectivity index (χ4n) is 4.45. The third-order valence-electron chi connectivity index (χ3n) is 6.47. The summed E-state index contributed by atoms with van der Waals surface area (Å²) in [5.74, 6) is 2.20. The monoisotopic (exact) mass is 445 g/mol. The van der Waals surface area contributed by atoms with Crippen molar-refractivity contribution < 1.29 is 4.39 Å². The van der Waals surface area contributed by atoms with E-state index < -0.39 is 0 Å². The molecule has 0 spiro atoms. The number of benzene rings is 2. The molecule has 4 aromatic rings. The molecule has 0 aliphatic heterocycles. The zero-order valence-electron chi connectivity index (χ0n) is 18.7. The number of imidazole rings is 1. The number of aryl methyl sites for hydroxylation is 1. The maximum Gasteiger partial charge on any atom is 0.168 e. The van der Waals surface area contributed by atoms with Gasteiger partial charge >= 0.3 is 0 Å². The second-order valence-electron chi connectivity index (χ2n) is 8.76. The molecular weight excluding hydrogens is 417 g/mol. The zero-order chi connectivity index (χ0) is 22.6. The molecule has 1 unspecified atom stereocenters. The molecule has 0 saturated heterocycles.